The van der Waals surface area contributed by atoms with Gasteiger partial charge in [-0.1, -0.05) is 0 Å². The molecule has 6 nitrogen and oxygen atoms in total. The summed E-state index contributed by atoms with van der Waals surface area (Å²) in [7, 11) is 1.03. The van der Waals surface area contributed by atoms with Crippen LogP contribution in [0.25, 0.3) is 0 Å². The first-order valence-corrected chi connectivity index (χ1v) is 8.55. The first-order chi connectivity index (χ1) is 9.62. The molecule has 1 rings (SSSR count). The molecule has 0 aliphatic carbocycles. The van der Waals surface area contributed by atoms with Crippen LogP contribution in [0.3, 0.4) is 0 Å². The Hall–Kier alpha value is -0.670. The average molecular weight is 415 g/mol. The molecule has 1 atom stereocenters. The molecule has 0 radical (unpaired) electrons. The van der Waals surface area contributed by atoms with Gasteiger partial charge < -0.3 is 10.6 Å². The number of hydrogen-bond acceptors (Lipinski definition) is 4. The highest BCUT2D eigenvalue weighted by Crippen LogP contribution is 2.25. The van der Waals surface area contributed by atoms with E-state index in [0.29, 0.717) is 16.6 Å². The lowest BCUT2D eigenvalue weighted by Gasteiger charge is -2.24. The minimum absolute atomic E-state index is 0. The zero-order valence-corrected chi connectivity index (χ0v) is 16.1. The third-order valence-electron chi connectivity index (χ3n) is 3.26. The Morgan fingerprint density at radius 1 is 1.32 bits per heavy atom. The minimum atomic E-state index is -3.55. The number of amides is 1. The van der Waals surface area contributed by atoms with Gasteiger partial charge in [0.25, 0.3) is 5.91 Å². The SMILES string of the molecule is CC(CN)N(C)C(=O)c1ccc(S(=O)(=O)N(C)C)c(Br)c1.Cl. The van der Waals surface area contributed by atoms with Gasteiger partial charge >= 0.3 is 0 Å². The Kier molecular flexibility index (Phi) is 8.01. The largest absolute Gasteiger partial charge is 0.338 e. The van der Waals surface area contributed by atoms with Crippen LogP contribution in [0.5, 0.6) is 0 Å². The van der Waals surface area contributed by atoms with Crippen molar-refractivity contribution in [2.45, 2.75) is 17.9 Å². The fourth-order valence-electron chi connectivity index (χ4n) is 1.60. The molecule has 22 heavy (non-hydrogen) atoms. The topological polar surface area (TPSA) is 83.7 Å². The molecule has 1 unspecified atom stereocenters. The number of carbonyl (C=O) groups excluding carboxylic acids is 1. The van der Waals surface area contributed by atoms with Crippen molar-refractivity contribution in [3.63, 3.8) is 0 Å². The fourth-order valence-corrected chi connectivity index (χ4v) is 3.53. The van der Waals surface area contributed by atoms with E-state index < -0.39 is 10.0 Å². The number of rotatable bonds is 5. The van der Waals surface area contributed by atoms with Crippen LogP contribution < -0.4 is 5.73 Å². The molecule has 0 fully saturated rings. The summed E-state index contributed by atoms with van der Waals surface area (Å²) < 4.78 is 25.7. The van der Waals surface area contributed by atoms with Crippen LogP contribution in [-0.2, 0) is 10.0 Å². The van der Waals surface area contributed by atoms with Crippen LogP contribution >= 0.6 is 28.3 Å². The molecule has 0 saturated carbocycles. The first kappa shape index (κ1) is 21.3. The van der Waals surface area contributed by atoms with Gasteiger partial charge in [-0.25, -0.2) is 12.7 Å². The summed E-state index contributed by atoms with van der Waals surface area (Å²) >= 11 is 3.22. The molecule has 126 valence electrons. The molecule has 2 N–H and O–H groups in total. The summed E-state index contributed by atoms with van der Waals surface area (Å²) in [5, 5.41) is 0. The Morgan fingerprint density at radius 2 is 1.86 bits per heavy atom. The van der Waals surface area contributed by atoms with Crippen molar-refractivity contribution in [2.24, 2.45) is 5.73 Å². The number of sulfonamides is 1. The maximum Gasteiger partial charge on any atom is 0.253 e. The van der Waals surface area contributed by atoms with Crippen molar-refractivity contribution < 1.29 is 13.2 Å². The van der Waals surface area contributed by atoms with E-state index >= 15 is 0 Å². The summed E-state index contributed by atoms with van der Waals surface area (Å²) in [4.78, 5) is 13.9. The van der Waals surface area contributed by atoms with E-state index in [1.54, 1.807) is 7.05 Å². The number of likely N-dealkylation sites (N-methyl/N-ethyl adjacent to an activating group) is 1. The highest BCUT2D eigenvalue weighted by Gasteiger charge is 2.23. The molecule has 0 aromatic heterocycles. The maximum atomic E-state index is 12.3. The molecule has 0 aliphatic rings. The number of nitrogens with zero attached hydrogens (tertiary/aromatic N) is 2. The van der Waals surface area contributed by atoms with Gasteiger partial charge in [0, 0.05) is 43.8 Å². The van der Waals surface area contributed by atoms with Gasteiger partial charge in [-0.15, -0.1) is 12.4 Å². The lowest BCUT2D eigenvalue weighted by Crippen LogP contribution is -2.39. The Balaban J connectivity index is 0.00000441. The zero-order valence-electron chi connectivity index (χ0n) is 12.9. The third-order valence-corrected chi connectivity index (χ3v) is 6.05. The van der Waals surface area contributed by atoms with E-state index in [1.165, 1.54) is 37.2 Å². The van der Waals surface area contributed by atoms with E-state index in [-0.39, 0.29) is 29.3 Å². The standard InChI is InChI=1S/C13H20BrN3O3S.ClH/c1-9(8-15)17(4)13(18)10-5-6-12(11(14)7-10)21(19,20)16(2)3;/h5-7,9H,8,15H2,1-4H3;1H. The van der Waals surface area contributed by atoms with Gasteiger partial charge in [0.2, 0.25) is 10.0 Å². The van der Waals surface area contributed by atoms with E-state index in [9.17, 15) is 13.2 Å². The summed E-state index contributed by atoms with van der Waals surface area (Å²) in [6.07, 6.45) is 0. The van der Waals surface area contributed by atoms with E-state index in [2.05, 4.69) is 15.9 Å². The highest BCUT2D eigenvalue weighted by molar-refractivity contribution is 9.10. The normalized spacial score (nSPS) is 12.7. The molecule has 1 aromatic rings. The van der Waals surface area contributed by atoms with Crippen LogP contribution in [0.4, 0.5) is 0 Å². The van der Waals surface area contributed by atoms with Gasteiger partial charge in [0.05, 0.1) is 4.90 Å². The lowest BCUT2D eigenvalue weighted by molar-refractivity contribution is 0.0748. The summed E-state index contributed by atoms with van der Waals surface area (Å²) in [5.41, 5.74) is 5.95. The monoisotopic (exact) mass is 413 g/mol. The van der Waals surface area contributed by atoms with Crippen LogP contribution in [-0.4, -0.2) is 57.3 Å². The minimum Gasteiger partial charge on any atom is -0.338 e. The number of hydrogen-bond donors (Lipinski definition) is 1. The number of nitrogens with two attached hydrogens (primary N) is 1. The molecule has 0 heterocycles. The first-order valence-electron chi connectivity index (χ1n) is 6.32. The predicted molar refractivity (Wildman–Crippen MR) is 92.9 cm³/mol. The second kappa shape index (κ2) is 8.26. The van der Waals surface area contributed by atoms with E-state index in [4.69, 9.17) is 5.73 Å². The number of benzene rings is 1. The zero-order chi connectivity index (χ0) is 16.4. The van der Waals surface area contributed by atoms with Crippen LogP contribution in [0.15, 0.2) is 27.6 Å². The van der Waals surface area contributed by atoms with Crippen LogP contribution in [0.1, 0.15) is 17.3 Å². The van der Waals surface area contributed by atoms with Crippen molar-refractivity contribution in [1.82, 2.24) is 9.21 Å². The average Bonchev–Trinajstić information content (AvgIpc) is 2.44. The van der Waals surface area contributed by atoms with Crippen LogP contribution in [0, 0.1) is 0 Å². The van der Waals surface area contributed by atoms with Crippen molar-refractivity contribution in [3.8, 4) is 0 Å². The molecule has 0 bridgehead atoms. The summed E-state index contributed by atoms with van der Waals surface area (Å²) in [5.74, 6) is -0.206. The third kappa shape index (κ3) is 4.42. The summed E-state index contributed by atoms with van der Waals surface area (Å²) in [6.45, 7) is 2.20. The molecule has 0 saturated heterocycles. The van der Waals surface area contributed by atoms with Crippen molar-refractivity contribution in [2.75, 3.05) is 27.7 Å². The molecule has 9 heteroatoms. The lowest BCUT2D eigenvalue weighted by atomic mass is 10.2. The quantitative estimate of drug-likeness (QED) is 0.792. The van der Waals surface area contributed by atoms with E-state index in [1.807, 2.05) is 6.92 Å². The van der Waals surface area contributed by atoms with Gasteiger partial charge in [0.1, 0.15) is 0 Å². The van der Waals surface area contributed by atoms with Gasteiger partial charge in [-0.2, -0.15) is 0 Å². The van der Waals surface area contributed by atoms with Crippen molar-refractivity contribution in [3.05, 3.63) is 28.2 Å². The molecule has 1 aromatic carbocycles. The Labute approximate surface area is 146 Å². The van der Waals surface area contributed by atoms with Gasteiger partial charge in [-0.05, 0) is 41.1 Å². The smallest absolute Gasteiger partial charge is 0.253 e. The van der Waals surface area contributed by atoms with Crippen molar-refractivity contribution >= 4 is 44.3 Å². The summed E-state index contributed by atoms with van der Waals surface area (Å²) in [6, 6.07) is 4.34. The second-order valence-corrected chi connectivity index (χ2v) is 7.91. The molecule has 1 amide bonds. The van der Waals surface area contributed by atoms with Gasteiger partial charge in [-0.3, -0.25) is 4.79 Å². The van der Waals surface area contributed by atoms with Crippen LogP contribution in [0.2, 0.25) is 0 Å². The predicted octanol–water partition coefficient (Wildman–Crippen LogP) is 1.54. The Bertz CT molecular complexity index is 637. The number of halogens is 2. The molecule has 0 spiro atoms. The second-order valence-electron chi connectivity index (χ2n) is 4.93. The highest BCUT2D eigenvalue weighted by atomic mass is 79.9. The molecular weight excluding hydrogens is 394 g/mol. The van der Waals surface area contributed by atoms with E-state index in [0.717, 1.165) is 4.31 Å². The Morgan fingerprint density at radius 3 is 2.27 bits per heavy atom. The molecular formula is C13H21BrClN3O3S. The maximum absolute atomic E-state index is 12.3. The fraction of sp³-hybridized carbons (Fsp3) is 0.462. The van der Waals surface area contributed by atoms with Gasteiger partial charge in [0.15, 0.2) is 0 Å². The molecule has 0 aliphatic heterocycles. The number of carbonyl (C=O) groups is 1. The van der Waals surface area contributed by atoms with Crippen molar-refractivity contribution in [1.29, 1.82) is 0 Å².